The van der Waals surface area contributed by atoms with Crippen LogP contribution >= 0.6 is 0 Å². The molecule has 2 aromatic heterocycles. The average molecular weight is 457 g/mol. The Labute approximate surface area is 198 Å². The summed E-state index contributed by atoms with van der Waals surface area (Å²) in [7, 11) is 3.29. The van der Waals surface area contributed by atoms with Crippen molar-refractivity contribution in [3.8, 4) is 22.8 Å². The standard InChI is InChI=1S/C27H28N4O3/c1-33-22-9-5-7-20(17-22)25-24-11-3-4-14-31(24)26(29-25)19-12-15-30(16-13-19)27(32)28-21-8-6-10-23(18-21)34-2/h3-11,14,17-19H,12-13,15-16H2,1-2H3,(H,28,32). The largest absolute Gasteiger partial charge is 0.497 e. The number of carbonyl (C=O) groups excluding carboxylic acids is 1. The second-order valence-corrected chi connectivity index (χ2v) is 8.43. The van der Waals surface area contributed by atoms with Crippen molar-refractivity contribution in [2.75, 3.05) is 32.6 Å². The number of benzene rings is 2. The van der Waals surface area contributed by atoms with E-state index in [0.29, 0.717) is 13.1 Å². The first-order valence-corrected chi connectivity index (χ1v) is 11.5. The minimum absolute atomic E-state index is 0.0863. The molecule has 1 aliphatic heterocycles. The molecular formula is C27H28N4O3. The number of likely N-dealkylation sites (tertiary alicyclic amines) is 1. The first-order valence-electron chi connectivity index (χ1n) is 11.5. The van der Waals surface area contributed by atoms with Crippen LogP contribution < -0.4 is 14.8 Å². The average Bonchev–Trinajstić information content (AvgIpc) is 3.29. The maximum atomic E-state index is 12.8. The number of rotatable bonds is 5. The predicted molar refractivity (Wildman–Crippen MR) is 133 cm³/mol. The zero-order valence-corrected chi connectivity index (χ0v) is 19.4. The van der Waals surface area contributed by atoms with Crippen molar-refractivity contribution >= 4 is 17.2 Å². The topological polar surface area (TPSA) is 68.1 Å². The van der Waals surface area contributed by atoms with Gasteiger partial charge in [0.15, 0.2) is 0 Å². The summed E-state index contributed by atoms with van der Waals surface area (Å²) < 4.78 is 12.8. The number of carbonyl (C=O) groups is 1. The molecule has 0 radical (unpaired) electrons. The highest BCUT2D eigenvalue weighted by Crippen LogP contribution is 2.34. The Kier molecular flexibility index (Phi) is 6.08. The second kappa shape index (κ2) is 9.47. The van der Waals surface area contributed by atoms with E-state index in [1.54, 1.807) is 14.2 Å². The van der Waals surface area contributed by atoms with Crippen LogP contribution in [0.1, 0.15) is 24.6 Å². The zero-order valence-electron chi connectivity index (χ0n) is 19.4. The van der Waals surface area contributed by atoms with Gasteiger partial charge in [-0.3, -0.25) is 0 Å². The number of urea groups is 1. The van der Waals surface area contributed by atoms with E-state index < -0.39 is 0 Å². The summed E-state index contributed by atoms with van der Waals surface area (Å²) in [4.78, 5) is 19.8. The van der Waals surface area contributed by atoms with Crippen molar-refractivity contribution in [3.05, 3.63) is 78.8 Å². The van der Waals surface area contributed by atoms with Gasteiger partial charge in [0.2, 0.25) is 0 Å². The molecule has 1 N–H and O–H groups in total. The summed E-state index contributed by atoms with van der Waals surface area (Å²) in [6.07, 6.45) is 3.79. The quantitative estimate of drug-likeness (QED) is 0.435. The molecular weight excluding hydrogens is 428 g/mol. The first kappa shape index (κ1) is 21.8. The summed E-state index contributed by atoms with van der Waals surface area (Å²) in [5.74, 6) is 2.84. The van der Waals surface area contributed by atoms with Crippen LogP contribution in [0.5, 0.6) is 11.5 Å². The number of imidazole rings is 1. The Hall–Kier alpha value is -4.00. The highest BCUT2D eigenvalue weighted by atomic mass is 16.5. The molecule has 1 fully saturated rings. The number of fused-ring (bicyclic) bond motifs is 1. The Morgan fingerprint density at radius 3 is 2.44 bits per heavy atom. The van der Waals surface area contributed by atoms with E-state index >= 15 is 0 Å². The van der Waals surface area contributed by atoms with Gasteiger partial charge in [-0.15, -0.1) is 0 Å². The van der Waals surface area contributed by atoms with Crippen molar-refractivity contribution in [1.82, 2.24) is 14.3 Å². The lowest BCUT2D eigenvalue weighted by molar-refractivity contribution is 0.193. The summed E-state index contributed by atoms with van der Waals surface area (Å²) in [6, 6.07) is 21.5. The van der Waals surface area contributed by atoms with Crippen LogP contribution in [0.25, 0.3) is 16.8 Å². The van der Waals surface area contributed by atoms with E-state index in [4.69, 9.17) is 14.5 Å². The molecule has 7 heteroatoms. The molecule has 2 aromatic carbocycles. The zero-order chi connectivity index (χ0) is 23.5. The number of pyridine rings is 1. The molecule has 0 aliphatic carbocycles. The molecule has 0 atom stereocenters. The van der Waals surface area contributed by atoms with E-state index in [0.717, 1.165) is 52.6 Å². The van der Waals surface area contributed by atoms with Gasteiger partial charge in [0.1, 0.15) is 17.3 Å². The van der Waals surface area contributed by atoms with Crippen LogP contribution in [0.3, 0.4) is 0 Å². The van der Waals surface area contributed by atoms with Crippen molar-refractivity contribution < 1.29 is 14.3 Å². The fourth-order valence-corrected chi connectivity index (χ4v) is 4.58. The van der Waals surface area contributed by atoms with Gasteiger partial charge in [-0.1, -0.05) is 24.3 Å². The van der Waals surface area contributed by atoms with E-state index in [1.807, 2.05) is 59.5 Å². The van der Waals surface area contributed by atoms with Crippen LogP contribution in [-0.4, -0.2) is 47.6 Å². The highest BCUT2D eigenvalue weighted by molar-refractivity contribution is 5.89. The third-order valence-electron chi connectivity index (χ3n) is 6.39. The molecule has 4 aromatic rings. The molecule has 1 aliphatic rings. The van der Waals surface area contributed by atoms with E-state index in [9.17, 15) is 4.79 Å². The van der Waals surface area contributed by atoms with Crippen molar-refractivity contribution in [1.29, 1.82) is 0 Å². The van der Waals surface area contributed by atoms with Gasteiger partial charge in [-0.25, -0.2) is 9.78 Å². The van der Waals surface area contributed by atoms with Gasteiger partial charge in [0.05, 0.1) is 25.4 Å². The summed E-state index contributed by atoms with van der Waals surface area (Å²) in [5, 5.41) is 2.98. The SMILES string of the molecule is COc1cccc(NC(=O)N2CCC(c3nc(-c4cccc(OC)c4)c4ccccn34)CC2)c1. The van der Waals surface area contributed by atoms with Gasteiger partial charge in [0.25, 0.3) is 0 Å². The van der Waals surface area contributed by atoms with E-state index in [2.05, 4.69) is 28.0 Å². The van der Waals surface area contributed by atoms with Crippen LogP contribution in [0.4, 0.5) is 10.5 Å². The van der Waals surface area contributed by atoms with Gasteiger partial charge in [-0.05, 0) is 49.2 Å². The van der Waals surface area contributed by atoms with Crippen LogP contribution in [0.15, 0.2) is 72.9 Å². The monoisotopic (exact) mass is 456 g/mol. The van der Waals surface area contributed by atoms with E-state index in [-0.39, 0.29) is 11.9 Å². The number of nitrogens with one attached hydrogen (secondary N) is 1. The Bertz CT molecular complexity index is 1310. The van der Waals surface area contributed by atoms with Crippen LogP contribution in [0, 0.1) is 0 Å². The summed E-state index contributed by atoms with van der Waals surface area (Å²) in [6.45, 7) is 1.35. The number of amides is 2. The van der Waals surface area contributed by atoms with Crippen molar-refractivity contribution in [3.63, 3.8) is 0 Å². The number of hydrogen-bond donors (Lipinski definition) is 1. The molecule has 7 nitrogen and oxygen atoms in total. The number of anilines is 1. The minimum Gasteiger partial charge on any atom is -0.497 e. The van der Waals surface area contributed by atoms with E-state index in [1.165, 1.54) is 0 Å². The maximum absolute atomic E-state index is 12.8. The molecule has 0 bridgehead atoms. The number of piperidine rings is 1. The normalized spacial score (nSPS) is 14.2. The first-order chi connectivity index (χ1) is 16.7. The van der Waals surface area contributed by atoms with Crippen LogP contribution in [0.2, 0.25) is 0 Å². The lowest BCUT2D eigenvalue weighted by atomic mass is 9.96. The van der Waals surface area contributed by atoms with Crippen molar-refractivity contribution in [2.24, 2.45) is 0 Å². The Morgan fingerprint density at radius 2 is 1.68 bits per heavy atom. The molecule has 1 saturated heterocycles. The van der Waals surface area contributed by atoms with Crippen LogP contribution in [-0.2, 0) is 0 Å². The van der Waals surface area contributed by atoms with Gasteiger partial charge >= 0.3 is 6.03 Å². The third-order valence-corrected chi connectivity index (χ3v) is 6.39. The molecule has 0 saturated carbocycles. The minimum atomic E-state index is -0.0863. The lowest BCUT2D eigenvalue weighted by Gasteiger charge is -2.31. The molecule has 0 spiro atoms. The molecule has 5 rings (SSSR count). The predicted octanol–water partition coefficient (Wildman–Crippen LogP) is 5.43. The smallest absolute Gasteiger partial charge is 0.321 e. The fourth-order valence-electron chi connectivity index (χ4n) is 4.58. The molecule has 3 heterocycles. The number of aromatic nitrogens is 2. The maximum Gasteiger partial charge on any atom is 0.321 e. The summed E-state index contributed by atoms with van der Waals surface area (Å²) >= 11 is 0. The number of nitrogens with zero attached hydrogens (tertiary/aromatic N) is 3. The third kappa shape index (κ3) is 4.29. The Balaban J connectivity index is 1.33. The molecule has 174 valence electrons. The number of methoxy groups -OCH3 is 2. The lowest BCUT2D eigenvalue weighted by Crippen LogP contribution is -2.40. The van der Waals surface area contributed by atoms with Gasteiger partial charge < -0.3 is 24.1 Å². The Morgan fingerprint density at radius 1 is 0.941 bits per heavy atom. The van der Waals surface area contributed by atoms with Gasteiger partial charge in [0, 0.05) is 42.5 Å². The second-order valence-electron chi connectivity index (χ2n) is 8.43. The molecule has 2 amide bonds. The molecule has 0 unspecified atom stereocenters. The number of hydrogen-bond acceptors (Lipinski definition) is 4. The van der Waals surface area contributed by atoms with Gasteiger partial charge in [-0.2, -0.15) is 0 Å². The summed E-state index contributed by atoms with van der Waals surface area (Å²) in [5.41, 5.74) is 3.79. The highest BCUT2D eigenvalue weighted by Gasteiger charge is 2.27. The van der Waals surface area contributed by atoms with Crippen molar-refractivity contribution in [2.45, 2.75) is 18.8 Å². The molecule has 34 heavy (non-hydrogen) atoms. The number of ether oxygens (including phenoxy) is 2. The fraction of sp³-hybridized carbons (Fsp3) is 0.259.